The minimum absolute atomic E-state index is 0.0505. The highest BCUT2D eigenvalue weighted by Gasteiger charge is 2.31. The van der Waals surface area contributed by atoms with Crippen LogP contribution in [0.2, 0.25) is 0 Å². The molecule has 182 valence electrons. The summed E-state index contributed by atoms with van der Waals surface area (Å²) < 4.78 is 7.17. The topological polar surface area (TPSA) is 116 Å². The number of carbonyl (C=O) groups is 2. The Kier molecular flexibility index (Phi) is 7.19. The van der Waals surface area contributed by atoms with Gasteiger partial charge in [0.15, 0.2) is 0 Å². The van der Waals surface area contributed by atoms with E-state index in [4.69, 9.17) is 4.74 Å². The van der Waals surface area contributed by atoms with Gasteiger partial charge in [0.25, 0.3) is 11.5 Å². The fourth-order valence-corrected chi connectivity index (χ4v) is 4.04. The molecular formula is C25H27N5O5. The molecule has 0 spiro atoms. The zero-order valence-electron chi connectivity index (χ0n) is 19.7. The Morgan fingerprint density at radius 2 is 1.80 bits per heavy atom. The third kappa shape index (κ3) is 5.21. The first-order chi connectivity index (χ1) is 16.9. The number of aryl methyl sites for hydroxylation is 1. The van der Waals surface area contributed by atoms with Crippen molar-refractivity contribution in [2.75, 3.05) is 19.7 Å². The number of hydrogen-bond acceptors (Lipinski definition) is 7. The number of aromatic nitrogens is 4. The normalized spacial score (nSPS) is 14.1. The van der Waals surface area contributed by atoms with E-state index in [9.17, 15) is 19.2 Å². The first-order valence-corrected chi connectivity index (χ1v) is 11.5. The van der Waals surface area contributed by atoms with Crippen molar-refractivity contribution in [3.63, 3.8) is 0 Å². The zero-order valence-corrected chi connectivity index (χ0v) is 19.7. The predicted molar refractivity (Wildman–Crippen MR) is 127 cm³/mol. The predicted octanol–water partition coefficient (Wildman–Crippen LogP) is 1.56. The molecule has 1 aromatic carbocycles. The van der Waals surface area contributed by atoms with Crippen molar-refractivity contribution in [2.45, 2.75) is 33.2 Å². The molecular weight excluding hydrogens is 450 g/mol. The molecule has 2 aromatic heterocycles. The third-order valence-electron chi connectivity index (χ3n) is 6.01. The van der Waals surface area contributed by atoms with Crippen molar-refractivity contribution >= 4 is 11.9 Å². The van der Waals surface area contributed by atoms with Crippen LogP contribution in [0.1, 0.15) is 41.4 Å². The van der Waals surface area contributed by atoms with E-state index in [2.05, 4.69) is 10.1 Å². The van der Waals surface area contributed by atoms with Gasteiger partial charge < -0.3 is 9.64 Å². The Morgan fingerprint density at radius 1 is 1.09 bits per heavy atom. The number of rotatable bonds is 6. The quantitative estimate of drug-likeness (QED) is 0.495. The molecule has 1 aliphatic rings. The molecule has 3 aromatic rings. The second kappa shape index (κ2) is 10.5. The largest absolute Gasteiger partial charge is 0.466 e. The van der Waals surface area contributed by atoms with Gasteiger partial charge in [-0.15, -0.1) is 0 Å². The fourth-order valence-electron chi connectivity index (χ4n) is 4.04. The van der Waals surface area contributed by atoms with Crippen molar-refractivity contribution in [3.05, 3.63) is 86.5 Å². The number of piperidine rings is 1. The summed E-state index contributed by atoms with van der Waals surface area (Å²) in [6.45, 7) is 4.50. The van der Waals surface area contributed by atoms with Gasteiger partial charge in [0.2, 0.25) is 5.69 Å². The van der Waals surface area contributed by atoms with E-state index in [1.54, 1.807) is 43.6 Å². The van der Waals surface area contributed by atoms with Crippen LogP contribution in [-0.4, -0.2) is 55.8 Å². The van der Waals surface area contributed by atoms with Crippen LogP contribution < -0.4 is 11.2 Å². The number of esters is 1. The third-order valence-corrected chi connectivity index (χ3v) is 6.01. The van der Waals surface area contributed by atoms with Crippen molar-refractivity contribution in [2.24, 2.45) is 5.92 Å². The number of hydrogen-bond donors (Lipinski definition) is 0. The van der Waals surface area contributed by atoms with Crippen LogP contribution in [0.3, 0.4) is 0 Å². The van der Waals surface area contributed by atoms with E-state index in [0.29, 0.717) is 30.7 Å². The summed E-state index contributed by atoms with van der Waals surface area (Å²) in [6.07, 6.45) is 4.03. The van der Waals surface area contributed by atoms with Crippen LogP contribution in [0.25, 0.3) is 5.69 Å². The molecule has 0 atom stereocenters. The van der Waals surface area contributed by atoms with Crippen LogP contribution in [0.15, 0.2) is 58.4 Å². The highest BCUT2D eigenvalue weighted by molar-refractivity contribution is 5.92. The SMILES string of the molecule is CCOC(=O)C1CCN(C(=O)c2nn(-c3ccc(C)cc3)c(=O)n(Cc3cccnc3)c2=O)CC1. The van der Waals surface area contributed by atoms with Gasteiger partial charge in [0, 0.05) is 25.5 Å². The number of benzene rings is 1. The van der Waals surface area contributed by atoms with E-state index in [-0.39, 0.29) is 37.2 Å². The highest BCUT2D eigenvalue weighted by atomic mass is 16.5. The summed E-state index contributed by atoms with van der Waals surface area (Å²) in [5.74, 6) is -1.13. The van der Waals surface area contributed by atoms with Crippen molar-refractivity contribution in [1.82, 2.24) is 24.2 Å². The number of pyridine rings is 1. The fraction of sp³-hybridized carbons (Fsp3) is 0.360. The molecule has 10 nitrogen and oxygen atoms in total. The van der Waals surface area contributed by atoms with Crippen molar-refractivity contribution in [1.29, 1.82) is 0 Å². The number of nitrogens with zero attached hydrogens (tertiary/aromatic N) is 5. The Bertz CT molecular complexity index is 1320. The first-order valence-electron chi connectivity index (χ1n) is 11.5. The molecule has 0 radical (unpaired) electrons. The minimum Gasteiger partial charge on any atom is -0.466 e. The van der Waals surface area contributed by atoms with Crippen molar-refractivity contribution in [3.8, 4) is 5.69 Å². The van der Waals surface area contributed by atoms with Gasteiger partial charge in [-0.2, -0.15) is 9.78 Å². The second-order valence-electron chi connectivity index (χ2n) is 8.45. The Morgan fingerprint density at radius 3 is 2.43 bits per heavy atom. The average molecular weight is 478 g/mol. The van der Waals surface area contributed by atoms with Gasteiger partial charge in [-0.3, -0.25) is 23.9 Å². The average Bonchev–Trinajstić information content (AvgIpc) is 2.88. The number of ether oxygens (including phenoxy) is 1. The van der Waals surface area contributed by atoms with Crippen LogP contribution in [0, 0.1) is 12.8 Å². The maximum Gasteiger partial charge on any atom is 0.352 e. The van der Waals surface area contributed by atoms with Gasteiger partial charge in [-0.05, 0) is 50.5 Å². The van der Waals surface area contributed by atoms with Crippen molar-refractivity contribution < 1.29 is 14.3 Å². The molecule has 0 unspecified atom stereocenters. The van der Waals surface area contributed by atoms with E-state index in [1.807, 2.05) is 19.1 Å². The van der Waals surface area contributed by atoms with Crippen LogP contribution in [-0.2, 0) is 16.1 Å². The Hall–Kier alpha value is -4.08. The summed E-state index contributed by atoms with van der Waals surface area (Å²) in [6, 6.07) is 10.5. The summed E-state index contributed by atoms with van der Waals surface area (Å²) in [5.41, 5.74) is 0.313. The molecule has 0 bridgehead atoms. The Balaban J connectivity index is 1.71. The molecule has 1 aliphatic heterocycles. The maximum atomic E-state index is 13.4. The van der Waals surface area contributed by atoms with E-state index < -0.39 is 17.2 Å². The monoisotopic (exact) mass is 477 g/mol. The molecule has 0 aliphatic carbocycles. The molecule has 1 saturated heterocycles. The number of amides is 1. The van der Waals surface area contributed by atoms with Gasteiger partial charge in [-0.25, -0.2) is 4.79 Å². The smallest absolute Gasteiger partial charge is 0.352 e. The molecule has 3 heterocycles. The standard InChI is InChI=1S/C25H27N5O5/c1-3-35-24(33)19-10-13-28(14-11-19)22(31)21-23(32)29(16-18-5-4-12-26-15-18)25(34)30(27-21)20-8-6-17(2)7-9-20/h4-9,12,15,19H,3,10-11,13-14,16H2,1-2H3. The Labute approximate surface area is 201 Å². The first kappa shape index (κ1) is 24.1. The highest BCUT2D eigenvalue weighted by Crippen LogP contribution is 2.19. The summed E-state index contributed by atoms with van der Waals surface area (Å²) in [4.78, 5) is 57.6. The van der Waals surface area contributed by atoms with Gasteiger partial charge in [0.05, 0.1) is 24.8 Å². The van der Waals surface area contributed by atoms with E-state index in [1.165, 1.54) is 4.90 Å². The van der Waals surface area contributed by atoms with Gasteiger partial charge >= 0.3 is 11.7 Å². The lowest BCUT2D eigenvalue weighted by Crippen LogP contribution is -2.48. The lowest BCUT2D eigenvalue weighted by atomic mass is 9.97. The molecule has 10 heteroatoms. The lowest BCUT2D eigenvalue weighted by molar-refractivity contribution is -0.149. The molecule has 4 rings (SSSR count). The van der Waals surface area contributed by atoms with Crippen LogP contribution in [0.5, 0.6) is 0 Å². The minimum atomic E-state index is -0.764. The summed E-state index contributed by atoms with van der Waals surface area (Å²) in [7, 11) is 0. The zero-order chi connectivity index (χ0) is 24.9. The maximum absolute atomic E-state index is 13.4. The molecule has 35 heavy (non-hydrogen) atoms. The number of carbonyl (C=O) groups excluding carboxylic acids is 2. The second-order valence-corrected chi connectivity index (χ2v) is 8.45. The van der Waals surface area contributed by atoms with Crippen LogP contribution >= 0.6 is 0 Å². The van der Waals surface area contributed by atoms with Crippen LogP contribution in [0.4, 0.5) is 0 Å². The molecule has 1 fully saturated rings. The molecule has 0 saturated carbocycles. The van der Waals surface area contributed by atoms with E-state index >= 15 is 0 Å². The molecule has 1 amide bonds. The van der Waals surface area contributed by atoms with Gasteiger partial charge in [0.1, 0.15) is 0 Å². The van der Waals surface area contributed by atoms with E-state index in [0.717, 1.165) is 14.8 Å². The lowest BCUT2D eigenvalue weighted by Gasteiger charge is -2.30. The summed E-state index contributed by atoms with van der Waals surface area (Å²) in [5, 5.41) is 4.21. The number of likely N-dealkylation sites (tertiary alicyclic amines) is 1. The molecule has 0 N–H and O–H groups in total. The summed E-state index contributed by atoms with van der Waals surface area (Å²) >= 11 is 0. The van der Waals surface area contributed by atoms with Gasteiger partial charge in [-0.1, -0.05) is 23.8 Å².